The van der Waals surface area contributed by atoms with Gasteiger partial charge in [0, 0.05) is 23.6 Å². The lowest BCUT2D eigenvalue weighted by molar-refractivity contribution is -0.141. The van der Waals surface area contributed by atoms with Gasteiger partial charge in [-0.25, -0.2) is 4.79 Å². The standard InChI is InChI=1S/C27H23Cl2NO4S/c28-20-11-12-21(22(29)15-20)27(33)34-16-23(35-17-18-7-3-1-4-8-18)26(19-9-5-2-6-10-19)30-24(31)13-14-25(30)32/h1-12,15,23,26H,13-14,16-17H2/t23-,26+/m0/s1. The van der Waals surface area contributed by atoms with Crippen LogP contribution in [0.15, 0.2) is 78.9 Å². The molecule has 1 aliphatic heterocycles. The number of thioether (sulfide) groups is 1. The summed E-state index contributed by atoms with van der Waals surface area (Å²) in [5.41, 5.74) is 2.09. The van der Waals surface area contributed by atoms with E-state index in [4.69, 9.17) is 27.9 Å². The number of carbonyl (C=O) groups excluding carboxylic acids is 3. The van der Waals surface area contributed by atoms with Gasteiger partial charge in [-0.05, 0) is 29.3 Å². The number of benzene rings is 3. The van der Waals surface area contributed by atoms with Crippen LogP contribution in [-0.2, 0) is 20.1 Å². The summed E-state index contributed by atoms with van der Waals surface area (Å²) in [5, 5.41) is 0.206. The maximum Gasteiger partial charge on any atom is 0.339 e. The van der Waals surface area contributed by atoms with Crippen LogP contribution in [0, 0.1) is 0 Å². The third-order valence-electron chi connectivity index (χ3n) is 5.70. The zero-order valence-corrected chi connectivity index (χ0v) is 21.1. The van der Waals surface area contributed by atoms with Gasteiger partial charge in [0.1, 0.15) is 6.61 Å². The number of nitrogens with zero attached hydrogens (tertiary/aromatic N) is 1. The highest BCUT2D eigenvalue weighted by molar-refractivity contribution is 7.99. The summed E-state index contributed by atoms with van der Waals surface area (Å²) >= 11 is 13.7. The Bertz CT molecular complexity index is 1190. The smallest absolute Gasteiger partial charge is 0.339 e. The van der Waals surface area contributed by atoms with Crippen molar-refractivity contribution in [2.24, 2.45) is 0 Å². The topological polar surface area (TPSA) is 63.7 Å². The Morgan fingerprint density at radius 2 is 1.54 bits per heavy atom. The van der Waals surface area contributed by atoms with E-state index in [1.54, 1.807) is 6.07 Å². The van der Waals surface area contributed by atoms with Crippen LogP contribution in [0.1, 0.15) is 40.4 Å². The fourth-order valence-corrected chi connectivity index (χ4v) is 5.69. The van der Waals surface area contributed by atoms with Gasteiger partial charge in [0.2, 0.25) is 11.8 Å². The number of imide groups is 1. The molecule has 0 unspecified atom stereocenters. The summed E-state index contributed by atoms with van der Waals surface area (Å²) in [6, 6.07) is 23.2. The average Bonchev–Trinajstić information content (AvgIpc) is 3.19. The van der Waals surface area contributed by atoms with Gasteiger partial charge in [-0.3, -0.25) is 14.5 Å². The molecule has 1 heterocycles. The third-order valence-corrected chi connectivity index (χ3v) is 7.57. The lowest BCUT2D eigenvalue weighted by atomic mass is 10.0. The Labute approximate surface area is 218 Å². The van der Waals surface area contributed by atoms with E-state index in [-0.39, 0.29) is 41.8 Å². The molecule has 180 valence electrons. The molecule has 0 aromatic heterocycles. The highest BCUT2D eigenvalue weighted by Gasteiger charge is 2.40. The monoisotopic (exact) mass is 527 g/mol. The van der Waals surface area contributed by atoms with Crippen molar-refractivity contribution in [2.75, 3.05) is 6.61 Å². The molecule has 2 atom stereocenters. The fourth-order valence-electron chi connectivity index (χ4n) is 3.98. The van der Waals surface area contributed by atoms with Gasteiger partial charge in [0.05, 0.1) is 21.9 Å². The Kier molecular flexibility index (Phi) is 8.50. The van der Waals surface area contributed by atoms with E-state index in [0.29, 0.717) is 10.8 Å². The molecule has 0 spiro atoms. The van der Waals surface area contributed by atoms with E-state index in [2.05, 4.69) is 0 Å². The van der Waals surface area contributed by atoms with E-state index in [9.17, 15) is 14.4 Å². The van der Waals surface area contributed by atoms with Crippen molar-refractivity contribution in [1.82, 2.24) is 4.90 Å². The second-order valence-electron chi connectivity index (χ2n) is 8.07. The van der Waals surface area contributed by atoms with Crippen molar-refractivity contribution in [1.29, 1.82) is 0 Å². The van der Waals surface area contributed by atoms with Gasteiger partial charge < -0.3 is 4.74 Å². The summed E-state index contributed by atoms with van der Waals surface area (Å²) in [5.74, 6) is -0.421. The average molecular weight is 528 g/mol. The van der Waals surface area contributed by atoms with Gasteiger partial charge in [0.25, 0.3) is 0 Å². The SMILES string of the molecule is O=C(OC[C@H](SCc1ccccc1)[C@@H](c1ccccc1)N1C(=O)CCC1=O)c1ccc(Cl)cc1Cl. The maximum atomic E-state index is 12.9. The highest BCUT2D eigenvalue weighted by atomic mass is 35.5. The van der Waals surface area contributed by atoms with E-state index in [1.165, 1.54) is 28.8 Å². The first-order valence-electron chi connectivity index (χ1n) is 11.1. The number of likely N-dealkylation sites (tertiary alicyclic amines) is 1. The van der Waals surface area contributed by atoms with E-state index in [1.807, 2.05) is 60.7 Å². The number of hydrogen-bond donors (Lipinski definition) is 0. The van der Waals surface area contributed by atoms with Crippen LogP contribution in [0.2, 0.25) is 10.0 Å². The van der Waals surface area contributed by atoms with Crippen LogP contribution < -0.4 is 0 Å². The van der Waals surface area contributed by atoms with Crippen LogP contribution in [-0.4, -0.2) is 34.5 Å². The van der Waals surface area contributed by atoms with Gasteiger partial charge in [0.15, 0.2) is 0 Å². The van der Waals surface area contributed by atoms with Crippen molar-refractivity contribution in [2.45, 2.75) is 29.9 Å². The largest absolute Gasteiger partial charge is 0.461 e. The van der Waals surface area contributed by atoms with Crippen LogP contribution in [0.4, 0.5) is 0 Å². The molecule has 0 N–H and O–H groups in total. The maximum absolute atomic E-state index is 12.9. The first kappa shape index (κ1) is 25.3. The second kappa shape index (κ2) is 11.8. The molecular weight excluding hydrogens is 505 g/mol. The van der Waals surface area contributed by atoms with Crippen molar-refractivity contribution >= 4 is 52.7 Å². The molecule has 35 heavy (non-hydrogen) atoms. The van der Waals surface area contributed by atoms with Crippen LogP contribution in [0.3, 0.4) is 0 Å². The van der Waals surface area contributed by atoms with Gasteiger partial charge in [-0.2, -0.15) is 0 Å². The zero-order valence-electron chi connectivity index (χ0n) is 18.7. The van der Waals surface area contributed by atoms with E-state index < -0.39 is 17.3 Å². The number of hydrogen-bond acceptors (Lipinski definition) is 5. The Hall–Kier alpha value is -2.80. The first-order chi connectivity index (χ1) is 16.9. The van der Waals surface area contributed by atoms with Gasteiger partial charge in [-0.15, -0.1) is 11.8 Å². The molecule has 0 aliphatic carbocycles. The number of carbonyl (C=O) groups is 3. The lowest BCUT2D eigenvalue weighted by Gasteiger charge is -2.33. The minimum absolute atomic E-state index is 0.0219. The van der Waals surface area contributed by atoms with E-state index in [0.717, 1.165) is 11.1 Å². The molecule has 0 radical (unpaired) electrons. The van der Waals surface area contributed by atoms with Crippen LogP contribution >= 0.6 is 35.0 Å². The van der Waals surface area contributed by atoms with Crippen molar-refractivity contribution in [3.8, 4) is 0 Å². The first-order valence-corrected chi connectivity index (χ1v) is 12.9. The zero-order chi connectivity index (χ0) is 24.8. The summed E-state index contributed by atoms with van der Waals surface area (Å²) in [6.07, 6.45) is 0.358. The normalized spacial score (nSPS) is 15.2. The minimum Gasteiger partial charge on any atom is -0.461 e. The molecule has 8 heteroatoms. The molecule has 3 aromatic carbocycles. The minimum atomic E-state index is -0.595. The van der Waals surface area contributed by atoms with Crippen molar-refractivity contribution in [3.05, 3.63) is 106 Å². The molecule has 1 aliphatic rings. The molecule has 1 saturated heterocycles. The van der Waals surface area contributed by atoms with Gasteiger partial charge >= 0.3 is 5.97 Å². The Morgan fingerprint density at radius 1 is 0.914 bits per heavy atom. The predicted octanol–water partition coefficient (Wildman–Crippen LogP) is 6.34. The van der Waals surface area contributed by atoms with E-state index >= 15 is 0 Å². The molecule has 2 amide bonds. The fraction of sp³-hybridized carbons (Fsp3) is 0.222. The number of amides is 2. The predicted molar refractivity (Wildman–Crippen MR) is 139 cm³/mol. The number of esters is 1. The third kappa shape index (κ3) is 6.26. The molecule has 5 nitrogen and oxygen atoms in total. The summed E-state index contributed by atoms with van der Waals surface area (Å²) in [4.78, 5) is 39.7. The molecule has 3 aromatic rings. The second-order valence-corrected chi connectivity index (χ2v) is 10.1. The van der Waals surface area contributed by atoms with Crippen LogP contribution in [0.25, 0.3) is 0 Å². The quantitative estimate of drug-likeness (QED) is 0.240. The Morgan fingerprint density at radius 3 is 2.17 bits per heavy atom. The summed E-state index contributed by atoms with van der Waals surface area (Å²) in [6.45, 7) is -0.0219. The van der Waals surface area contributed by atoms with Crippen LogP contribution in [0.5, 0.6) is 0 Å². The van der Waals surface area contributed by atoms with Crippen molar-refractivity contribution < 1.29 is 19.1 Å². The lowest BCUT2D eigenvalue weighted by Crippen LogP contribution is -2.41. The molecule has 4 rings (SSSR count). The number of rotatable bonds is 9. The molecule has 0 bridgehead atoms. The number of ether oxygens (including phenoxy) is 1. The summed E-state index contributed by atoms with van der Waals surface area (Å²) < 4.78 is 5.70. The highest BCUT2D eigenvalue weighted by Crippen LogP contribution is 2.37. The molecule has 1 fully saturated rings. The molecule has 0 saturated carbocycles. The summed E-state index contributed by atoms with van der Waals surface area (Å²) in [7, 11) is 0. The Balaban J connectivity index is 1.63. The van der Waals surface area contributed by atoms with Crippen molar-refractivity contribution in [3.63, 3.8) is 0 Å². The van der Waals surface area contributed by atoms with Gasteiger partial charge in [-0.1, -0.05) is 83.9 Å². The molecular formula is C27H23Cl2NO4S. The number of halogens is 2.